The van der Waals surface area contributed by atoms with Crippen molar-refractivity contribution in [3.8, 4) is 17.2 Å². The molecular formula is C31H44N7O20P3S. The number of aliphatic hydroxyl groups excluding tert-OH is 2. The Balaban J connectivity index is 1.20. The van der Waals surface area contributed by atoms with Crippen LogP contribution in [0.1, 0.15) is 32.1 Å². The van der Waals surface area contributed by atoms with Crippen LogP contribution >= 0.6 is 35.2 Å². The number of anilines is 1. The van der Waals surface area contributed by atoms with Gasteiger partial charge in [0.2, 0.25) is 22.7 Å². The summed E-state index contributed by atoms with van der Waals surface area (Å²) in [6.07, 6.45) is -4.51. The molecular weight excluding hydrogens is 915 g/mol. The van der Waals surface area contributed by atoms with Crippen molar-refractivity contribution in [3.63, 3.8) is 0 Å². The van der Waals surface area contributed by atoms with E-state index in [1.54, 1.807) is 0 Å². The van der Waals surface area contributed by atoms with Crippen LogP contribution in [0.3, 0.4) is 0 Å². The number of thioether (sulfide) groups is 1. The van der Waals surface area contributed by atoms with Gasteiger partial charge in [-0.2, -0.15) is 4.31 Å². The molecule has 7 atom stereocenters. The topological polar surface area (TPSA) is 413 Å². The highest BCUT2D eigenvalue weighted by Gasteiger charge is 2.50. The highest BCUT2D eigenvalue weighted by Crippen LogP contribution is 2.61. The van der Waals surface area contributed by atoms with Gasteiger partial charge in [0.05, 0.1) is 26.7 Å². The lowest BCUT2D eigenvalue weighted by Gasteiger charge is -2.30. The van der Waals surface area contributed by atoms with Crippen molar-refractivity contribution in [3.05, 3.63) is 36.4 Å². The number of phosphoric acid groups is 3. The molecule has 12 N–H and O–H groups in total. The first-order valence-electron chi connectivity index (χ1n) is 17.7. The van der Waals surface area contributed by atoms with E-state index in [1.807, 2.05) is 0 Å². The van der Waals surface area contributed by atoms with Crippen LogP contribution in [0.15, 0.2) is 30.9 Å². The van der Waals surface area contributed by atoms with Crippen molar-refractivity contribution in [2.45, 2.75) is 50.9 Å². The molecule has 1 aromatic carbocycles. The number of nitrogens with two attached hydrogens (primary N) is 1. The Morgan fingerprint density at radius 1 is 1.05 bits per heavy atom. The number of hydrogen-bond acceptors (Lipinski definition) is 21. The van der Waals surface area contributed by atoms with Gasteiger partial charge in [0.15, 0.2) is 29.2 Å². The number of nitrogen functional groups attached to an aromatic ring is 1. The minimum atomic E-state index is -5.60. The number of carbonyl (C=O) groups excluding carboxylic acids is 3. The van der Waals surface area contributed by atoms with Crippen molar-refractivity contribution in [2.24, 2.45) is 5.41 Å². The number of nitrogens with one attached hydrogen (secondary N) is 2. The normalized spacial score (nSPS) is 20.7. The van der Waals surface area contributed by atoms with E-state index in [4.69, 9.17) is 24.3 Å². The predicted octanol–water partition coefficient (Wildman–Crippen LogP) is -0.202. The van der Waals surface area contributed by atoms with E-state index in [9.17, 15) is 68.1 Å². The summed E-state index contributed by atoms with van der Waals surface area (Å²) < 4.78 is 67.1. The standard InChI is InChI=1S/C31H44N7O20P3S/c1-31(2,26(44)29(45)34-7-6-20(40)33-8-9-62-21(41)5-4-16-10-17(39)23(42)18(11-16)53-3)13-55-61(51,52)58-60(49,50)54-12-19-25(57-59(46,47)48)24(43)30(56-19)38-15-37-22-27(32)35-14-36-28(22)38/h4-5,10-11,14-15,19,24-26,30,39,42-44H,6-9,12-13H2,1-3H3,(H,33,40)(H,34,45)(H,49,50)(H,51,52)(H2,32,35,36)(H2,46,47,48)/b5-4+/t19-,24-,25-,26+,30-/m1/s1. The van der Waals surface area contributed by atoms with E-state index in [0.717, 1.165) is 29.0 Å². The highest BCUT2D eigenvalue weighted by atomic mass is 32.2. The number of fused-ring (bicyclic) bond motifs is 1. The first kappa shape index (κ1) is 50.6. The number of aromatic hydroxyl groups is 2. The zero-order chi connectivity index (χ0) is 46.2. The summed E-state index contributed by atoms with van der Waals surface area (Å²) >= 11 is 0.877. The van der Waals surface area contributed by atoms with Crippen LogP contribution in [0.25, 0.3) is 17.2 Å². The lowest BCUT2D eigenvalue weighted by Crippen LogP contribution is -2.46. The second kappa shape index (κ2) is 21.1. The molecule has 3 aromatic rings. The molecule has 4 rings (SSSR count). The molecule has 2 aromatic heterocycles. The van der Waals surface area contributed by atoms with Crippen LogP contribution in [0.2, 0.25) is 0 Å². The molecule has 1 aliphatic rings. The van der Waals surface area contributed by atoms with Crippen molar-refractivity contribution < 1.29 is 95.4 Å². The van der Waals surface area contributed by atoms with Crippen molar-refractivity contribution in [1.82, 2.24) is 30.2 Å². The maximum Gasteiger partial charge on any atom is 0.481 e. The molecule has 2 unspecified atom stereocenters. The van der Waals surface area contributed by atoms with Crippen LogP contribution in [-0.2, 0) is 50.7 Å². The molecule has 31 heteroatoms. The molecule has 0 bridgehead atoms. The van der Waals surface area contributed by atoms with E-state index in [0.29, 0.717) is 5.56 Å². The van der Waals surface area contributed by atoms with Gasteiger partial charge in [-0.15, -0.1) is 0 Å². The largest absolute Gasteiger partial charge is 0.504 e. The highest BCUT2D eigenvalue weighted by molar-refractivity contribution is 8.14. The molecule has 0 radical (unpaired) electrons. The first-order valence-corrected chi connectivity index (χ1v) is 23.2. The lowest BCUT2D eigenvalue weighted by molar-refractivity contribution is -0.137. The van der Waals surface area contributed by atoms with E-state index < -0.39 is 96.1 Å². The van der Waals surface area contributed by atoms with Gasteiger partial charge in [0, 0.05) is 30.7 Å². The molecule has 344 valence electrons. The average molecular weight is 960 g/mol. The quantitative estimate of drug-likeness (QED) is 0.0269. The maximum absolute atomic E-state index is 12.7. The van der Waals surface area contributed by atoms with E-state index >= 15 is 0 Å². The van der Waals surface area contributed by atoms with Gasteiger partial charge in [0.25, 0.3) is 0 Å². The molecule has 0 spiro atoms. The summed E-state index contributed by atoms with van der Waals surface area (Å²) in [6, 6.07) is 2.63. The Hall–Kier alpha value is -4.08. The van der Waals surface area contributed by atoms with E-state index in [-0.39, 0.29) is 53.1 Å². The van der Waals surface area contributed by atoms with Gasteiger partial charge in [-0.25, -0.2) is 28.6 Å². The molecule has 0 aliphatic carbocycles. The smallest absolute Gasteiger partial charge is 0.481 e. The summed E-state index contributed by atoms with van der Waals surface area (Å²) in [7, 11) is -15.2. The Morgan fingerprint density at radius 3 is 2.42 bits per heavy atom. The Kier molecular flexibility index (Phi) is 17.2. The Morgan fingerprint density at radius 2 is 1.74 bits per heavy atom. The van der Waals surface area contributed by atoms with Gasteiger partial charge in [-0.05, 0) is 23.8 Å². The summed E-state index contributed by atoms with van der Waals surface area (Å²) in [5.74, 6) is -2.28. The number of amides is 2. The van der Waals surface area contributed by atoms with Gasteiger partial charge in [0.1, 0.15) is 36.3 Å². The molecule has 27 nitrogen and oxygen atoms in total. The third kappa shape index (κ3) is 14.2. The first-order chi connectivity index (χ1) is 28.8. The van der Waals surface area contributed by atoms with Crippen LogP contribution in [0.4, 0.5) is 5.82 Å². The van der Waals surface area contributed by atoms with E-state index in [1.165, 1.54) is 45.2 Å². The predicted molar refractivity (Wildman–Crippen MR) is 212 cm³/mol. The molecule has 2 amide bonds. The number of carbonyl (C=O) groups is 3. The fraction of sp³-hybridized carbons (Fsp3) is 0.484. The third-order valence-electron chi connectivity index (χ3n) is 8.46. The van der Waals surface area contributed by atoms with Gasteiger partial charge in [-0.1, -0.05) is 31.7 Å². The van der Waals surface area contributed by atoms with Gasteiger partial charge in [-0.3, -0.25) is 32.5 Å². The molecule has 1 saturated heterocycles. The van der Waals surface area contributed by atoms with Crippen molar-refractivity contribution >= 4 is 75.2 Å². The number of phenols is 2. The Bertz CT molecular complexity index is 2280. The number of benzene rings is 1. The average Bonchev–Trinajstić information content (AvgIpc) is 3.74. The monoisotopic (exact) mass is 959 g/mol. The van der Waals surface area contributed by atoms with Gasteiger partial charge < -0.3 is 65.8 Å². The number of ether oxygens (including phenoxy) is 2. The number of hydrogen-bond donors (Lipinski definition) is 11. The lowest BCUT2D eigenvalue weighted by atomic mass is 9.87. The van der Waals surface area contributed by atoms with Crippen LogP contribution in [-0.4, -0.2) is 140 Å². The van der Waals surface area contributed by atoms with E-state index in [2.05, 4.69) is 34.4 Å². The molecule has 1 aliphatic heterocycles. The molecule has 3 heterocycles. The van der Waals surface area contributed by atoms with Crippen molar-refractivity contribution in [1.29, 1.82) is 0 Å². The number of rotatable bonds is 22. The summed E-state index contributed by atoms with van der Waals surface area (Å²) in [4.78, 5) is 88.0. The maximum atomic E-state index is 12.7. The number of aliphatic hydroxyl groups is 2. The minimum Gasteiger partial charge on any atom is -0.504 e. The molecule has 0 saturated carbocycles. The number of methoxy groups -OCH3 is 1. The fourth-order valence-electron chi connectivity index (χ4n) is 5.36. The number of nitrogens with zero attached hydrogens (tertiary/aromatic N) is 4. The second-order valence-corrected chi connectivity index (χ2v) is 19.0. The number of phenolic OH excluding ortho intramolecular Hbond substituents is 2. The summed E-state index contributed by atoms with van der Waals surface area (Å²) in [5, 5.41) is 45.4. The number of aromatic nitrogens is 4. The molecule has 62 heavy (non-hydrogen) atoms. The van der Waals surface area contributed by atoms with Crippen molar-refractivity contribution in [2.75, 3.05) is 44.9 Å². The SMILES string of the molecule is COc1cc(/C=C/C(=O)SCCNC(=O)CCNC(=O)[C@H](O)C(C)(C)COP(=O)(O)OP(=O)(O)OC[C@H]2O[C@@H](n3cnc4c(N)ncnc43)[C@H](O)[C@@H]2OP(=O)(O)O)cc(O)c1O. The van der Waals surface area contributed by atoms with Gasteiger partial charge >= 0.3 is 23.5 Å². The zero-order valence-corrected chi connectivity index (χ0v) is 36.2. The summed E-state index contributed by atoms with van der Waals surface area (Å²) in [6.45, 7) is 0.199. The second-order valence-electron chi connectivity index (χ2n) is 13.7. The van der Waals surface area contributed by atoms with Crippen LogP contribution < -0.4 is 21.1 Å². The Labute approximate surface area is 355 Å². The number of phosphoric ester groups is 3. The van der Waals surface area contributed by atoms with Crippen LogP contribution in [0.5, 0.6) is 17.2 Å². The summed E-state index contributed by atoms with van der Waals surface area (Å²) in [5.41, 5.74) is 4.58. The minimum absolute atomic E-state index is 0.0102. The number of imidazole rings is 1. The van der Waals surface area contributed by atoms with Crippen LogP contribution in [0, 0.1) is 5.41 Å². The molecule has 1 fully saturated rings. The fourth-order valence-corrected chi connectivity index (χ4v) is 8.76. The zero-order valence-electron chi connectivity index (χ0n) is 32.7. The third-order valence-corrected chi connectivity index (χ3v) is 12.4.